The van der Waals surface area contributed by atoms with Crippen molar-refractivity contribution in [2.75, 3.05) is 0 Å². The Morgan fingerprint density at radius 3 is 1.56 bits per heavy atom. The Morgan fingerprint density at radius 1 is 0.680 bits per heavy atom. The maximum absolute atomic E-state index is 13.2. The summed E-state index contributed by atoms with van der Waals surface area (Å²) in [6, 6.07) is 26.0. The highest BCUT2D eigenvalue weighted by atomic mass is 79.9. The van der Waals surface area contributed by atoms with Gasteiger partial charge >= 0.3 is 0 Å². The molecule has 25 heavy (non-hydrogen) atoms. The second-order valence-corrected chi connectivity index (χ2v) is 8.55. The van der Waals surface area contributed by atoms with E-state index in [1.807, 2.05) is 60.7 Å². The summed E-state index contributed by atoms with van der Waals surface area (Å²) in [7, 11) is -3.60. The van der Waals surface area contributed by atoms with Crippen molar-refractivity contribution < 1.29 is 8.42 Å². The van der Waals surface area contributed by atoms with E-state index in [2.05, 4.69) is 15.9 Å². The summed E-state index contributed by atoms with van der Waals surface area (Å²) in [4.78, 5) is 0.294. The molecule has 5 heteroatoms. The van der Waals surface area contributed by atoms with E-state index in [0.717, 1.165) is 15.6 Å². The van der Waals surface area contributed by atoms with Gasteiger partial charge in [-0.1, -0.05) is 76.6 Å². The summed E-state index contributed by atoms with van der Waals surface area (Å²) in [6.07, 6.45) is 0. The average Bonchev–Trinajstić information content (AvgIpc) is 2.63. The van der Waals surface area contributed by atoms with E-state index < -0.39 is 10.0 Å². The molecule has 3 aromatic carbocycles. The van der Waals surface area contributed by atoms with Gasteiger partial charge in [-0.15, -0.1) is 0 Å². The highest BCUT2D eigenvalue weighted by molar-refractivity contribution is 9.10. The molecule has 0 saturated carbocycles. The summed E-state index contributed by atoms with van der Waals surface area (Å²) in [5.74, 6) is 0. The van der Waals surface area contributed by atoms with Crippen molar-refractivity contribution in [1.82, 2.24) is 4.31 Å². The SMILES string of the molecule is O=S(=O)(c1ccc(Br)cc1)N(Cc1ccccc1)Cc1ccccc1. The second-order valence-electron chi connectivity index (χ2n) is 5.70. The van der Waals surface area contributed by atoms with Gasteiger partial charge in [0.15, 0.2) is 0 Å². The minimum absolute atomic E-state index is 0.294. The van der Waals surface area contributed by atoms with E-state index in [1.54, 1.807) is 24.3 Å². The van der Waals surface area contributed by atoms with Gasteiger partial charge in [0, 0.05) is 17.6 Å². The van der Waals surface area contributed by atoms with Crippen molar-refractivity contribution in [2.24, 2.45) is 0 Å². The van der Waals surface area contributed by atoms with Crippen LogP contribution in [0.2, 0.25) is 0 Å². The molecule has 3 aromatic rings. The molecule has 0 atom stereocenters. The van der Waals surface area contributed by atoms with Crippen molar-refractivity contribution in [3.8, 4) is 0 Å². The Hall–Kier alpha value is -1.95. The average molecular weight is 416 g/mol. The molecule has 128 valence electrons. The molecule has 0 aliphatic rings. The first-order chi connectivity index (χ1) is 12.1. The van der Waals surface area contributed by atoms with Crippen LogP contribution in [0.15, 0.2) is 94.3 Å². The lowest BCUT2D eigenvalue weighted by atomic mass is 10.2. The molecule has 0 aliphatic heterocycles. The Bertz CT molecular complexity index is 869. The van der Waals surface area contributed by atoms with Crippen LogP contribution in [-0.2, 0) is 23.1 Å². The van der Waals surface area contributed by atoms with Crippen molar-refractivity contribution in [3.63, 3.8) is 0 Å². The fourth-order valence-corrected chi connectivity index (χ4v) is 4.24. The van der Waals surface area contributed by atoms with E-state index in [9.17, 15) is 8.42 Å². The molecule has 0 saturated heterocycles. The quantitative estimate of drug-likeness (QED) is 0.577. The summed E-state index contributed by atoms with van der Waals surface area (Å²) < 4.78 is 28.7. The number of benzene rings is 3. The fourth-order valence-electron chi connectivity index (χ4n) is 2.56. The summed E-state index contributed by atoms with van der Waals surface area (Å²) >= 11 is 3.35. The van der Waals surface area contributed by atoms with Crippen molar-refractivity contribution in [2.45, 2.75) is 18.0 Å². The van der Waals surface area contributed by atoms with Gasteiger partial charge in [0.1, 0.15) is 0 Å². The van der Waals surface area contributed by atoms with Crippen LogP contribution in [-0.4, -0.2) is 12.7 Å². The molecule has 0 aliphatic carbocycles. The normalized spacial score (nSPS) is 11.6. The standard InChI is InChI=1S/C20H18BrNO2S/c21-19-11-13-20(14-12-19)25(23,24)22(15-17-7-3-1-4-8-17)16-18-9-5-2-6-10-18/h1-14H,15-16H2. The van der Waals surface area contributed by atoms with Gasteiger partial charge in [0.25, 0.3) is 0 Å². The zero-order valence-electron chi connectivity index (χ0n) is 13.5. The Kier molecular flexibility index (Phi) is 5.68. The van der Waals surface area contributed by atoms with Gasteiger partial charge in [0.2, 0.25) is 10.0 Å². The van der Waals surface area contributed by atoms with Gasteiger partial charge in [-0.25, -0.2) is 8.42 Å². The third-order valence-corrected chi connectivity index (χ3v) is 6.19. The number of sulfonamides is 1. The maximum Gasteiger partial charge on any atom is 0.243 e. The molecule has 0 unspecified atom stereocenters. The van der Waals surface area contributed by atoms with E-state index in [1.165, 1.54) is 4.31 Å². The van der Waals surface area contributed by atoms with Crippen LogP contribution in [0.4, 0.5) is 0 Å². The van der Waals surface area contributed by atoms with E-state index in [4.69, 9.17) is 0 Å². The van der Waals surface area contributed by atoms with Crippen LogP contribution in [0.25, 0.3) is 0 Å². The number of halogens is 1. The molecule has 3 nitrogen and oxygen atoms in total. The van der Waals surface area contributed by atoms with E-state index in [0.29, 0.717) is 18.0 Å². The fraction of sp³-hybridized carbons (Fsp3) is 0.100. The second kappa shape index (κ2) is 7.95. The third-order valence-electron chi connectivity index (χ3n) is 3.85. The molecule has 0 heterocycles. The highest BCUT2D eigenvalue weighted by Crippen LogP contribution is 2.22. The molecular formula is C20H18BrNO2S. The molecular weight excluding hydrogens is 398 g/mol. The third kappa shape index (κ3) is 4.57. The monoisotopic (exact) mass is 415 g/mol. The lowest BCUT2D eigenvalue weighted by molar-refractivity contribution is 0.401. The van der Waals surface area contributed by atoms with E-state index >= 15 is 0 Å². The minimum Gasteiger partial charge on any atom is -0.207 e. The van der Waals surface area contributed by atoms with Gasteiger partial charge < -0.3 is 0 Å². The van der Waals surface area contributed by atoms with Crippen LogP contribution in [0.5, 0.6) is 0 Å². The van der Waals surface area contributed by atoms with Crippen LogP contribution in [0.3, 0.4) is 0 Å². The largest absolute Gasteiger partial charge is 0.243 e. The Labute approximate surface area is 157 Å². The van der Waals surface area contributed by atoms with Crippen molar-refractivity contribution >= 4 is 26.0 Å². The molecule has 0 aromatic heterocycles. The molecule has 0 bridgehead atoms. The first kappa shape index (κ1) is 17.9. The van der Waals surface area contributed by atoms with Crippen LogP contribution in [0.1, 0.15) is 11.1 Å². The number of rotatable bonds is 6. The molecule has 0 N–H and O–H groups in total. The number of hydrogen-bond acceptors (Lipinski definition) is 2. The maximum atomic E-state index is 13.2. The first-order valence-corrected chi connectivity index (χ1v) is 10.1. The molecule has 0 fully saturated rings. The highest BCUT2D eigenvalue weighted by Gasteiger charge is 2.24. The molecule has 0 amide bonds. The summed E-state index contributed by atoms with van der Waals surface area (Å²) in [6.45, 7) is 0.655. The van der Waals surface area contributed by atoms with Gasteiger partial charge in [-0.2, -0.15) is 4.31 Å². The first-order valence-electron chi connectivity index (χ1n) is 7.89. The topological polar surface area (TPSA) is 37.4 Å². The van der Waals surface area contributed by atoms with Gasteiger partial charge in [0.05, 0.1) is 4.90 Å². The zero-order chi connectivity index (χ0) is 17.7. The minimum atomic E-state index is -3.60. The van der Waals surface area contributed by atoms with Crippen LogP contribution >= 0.6 is 15.9 Å². The lowest BCUT2D eigenvalue weighted by Gasteiger charge is -2.22. The van der Waals surface area contributed by atoms with Crippen molar-refractivity contribution in [1.29, 1.82) is 0 Å². The summed E-state index contributed by atoms with van der Waals surface area (Å²) in [5.41, 5.74) is 1.92. The Morgan fingerprint density at radius 2 is 1.12 bits per heavy atom. The van der Waals surface area contributed by atoms with Crippen molar-refractivity contribution in [3.05, 3.63) is 101 Å². The predicted molar refractivity (Wildman–Crippen MR) is 103 cm³/mol. The molecule has 0 radical (unpaired) electrons. The smallest absolute Gasteiger partial charge is 0.207 e. The lowest BCUT2D eigenvalue weighted by Crippen LogP contribution is -2.30. The number of nitrogens with zero attached hydrogens (tertiary/aromatic N) is 1. The zero-order valence-corrected chi connectivity index (χ0v) is 15.9. The Balaban J connectivity index is 1.95. The number of hydrogen-bond donors (Lipinski definition) is 0. The van der Waals surface area contributed by atoms with Gasteiger partial charge in [-0.3, -0.25) is 0 Å². The predicted octanol–water partition coefficient (Wildman–Crippen LogP) is 4.84. The van der Waals surface area contributed by atoms with E-state index in [-0.39, 0.29) is 0 Å². The molecule has 0 spiro atoms. The van der Waals surface area contributed by atoms with Gasteiger partial charge in [-0.05, 0) is 35.4 Å². The van der Waals surface area contributed by atoms with Crippen LogP contribution in [0, 0.1) is 0 Å². The summed E-state index contributed by atoms with van der Waals surface area (Å²) in [5, 5.41) is 0. The molecule has 3 rings (SSSR count). The van der Waals surface area contributed by atoms with Crippen LogP contribution < -0.4 is 0 Å².